The Balaban J connectivity index is 2.03. The van der Waals surface area contributed by atoms with Gasteiger partial charge in [-0.3, -0.25) is 9.59 Å². The Morgan fingerprint density at radius 1 is 1.06 bits per heavy atom. The molecule has 0 fully saturated rings. The van der Waals surface area contributed by atoms with Crippen LogP contribution in [-0.2, 0) is 20.9 Å². The van der Waals surface area contributed by atoms with Gasteiger partial charge in [-0.15, -0.1) is 0 Å². The third kappa shape index (κ3) is 8.46. The maximum atomic E-state index is 12.9. The summed E-state index contributed by atoms with van der Waals surface area (Å²) < 4.78 is 43.6. The number of ether oxygens (including phenoxy) is 1. The molecule has 172 valence electrons. The topological polar surface area (TPSA) is 102 Å². The molecule has 7 nitrogen and oxygen atoms in total. The van der Waals surface area contributed by atoms with Gasteiger partial charge in [0.15, 0.2) is 6.61 Å². The Bertz CT molecular complexity index is 941. The fraction of sp³-hybridized carbons (Fsp3) is 0.286. The monoisotopic (exact) mass is 471 g/mol. The van der Waals surface area contributed by atoms with Crippen molar-refractivity contribution in [1.29, 1.82) is 0 Å². The van der Waals surface area contributed by atoms with Crippen molar-refractivity contribution in [2.75, 3.05) is 13.2 Å². The van der Waals surface area contributed by atoms with E-state index < -0.39 is 49.7 Å². The van der Waals surface area contributed by atoms with Gasteiger partial charge in [0.2, 0.25) is 0 Å². The number of nitrogens with two attached hydrogens (primary N) is 1. The number of primary amides is 1. The first kappa shape index (κ1) is 25.0. The van der Waals surface area contributed by atoms with Crippen molar-refractivity contribution in [3.8, 4) is 0 Å². The van der Waals surface area contributed by atoms with Crippen LogP contribution in [-0.4, -0.2) is 42.1 Å². The normalized spacial score (nSPS) is 12.0. The average molecular weight is 472 g/mol. The van der Waals surface area contributed by atoms with Gasteiger partial charge in [-0.1, -0.05) is 60.1 Å². The largest absolute Gasteiger partial charge is 0.455 e. The summed E-state index contributed by atoms with van der Waals surface area (Å²) in [7, 11) is 0. The zero-order valence-electron chi connectivity index (χ0n) is 16.8. The SMILES string of the molecule is NC(=O)NC(CC(=O)OCC(=O)N(Cc1ccccc1)CC(F)(F)F)c1ccccc1Cl. The number of carbonyl (C=O) groups is 3. The lowest BCUT2D eigenvalue weighted by Crippen LogP contribution is -2.41. The summed E-state index contributed by atoms with van der Waals surface area (Å²) in [6, 6.07) is 12.6. The summed E-state index contributed by atoms with van der Waals surface area (Å²) in [5, 5.41) is 2.61. The number of alkyl halides is 3. The molecule has 3 N–H and O–H groups in total. The Morgan fingerprint density at radius 3 is 2.28 bits per heavy atom. The molecule has 0 aliphatic rings. The van der Waals surface area contributed by atoms with Crippen molar-refractivity contribution in [2.45, 2.75) is 25.2 Å². The van der Waals surface area contributed by atoms with Crippen LogP contribution in [0.2, 0.25) is 5.02 Å². The van der Waals surface area contributed by atoms with Gasteiger partial charge in [0.05, 0.1) is 12.5 Å². The van der Waals surface area contributed by atoms with Gasteiger partial charge in [-0.05, 0) is 17.2 Å². The number of halogens is 4. The number of nitrogens with zero attached hydrogens (tertiary/aromatic N) is 1. The van der Waals surface area contributed by atoms with E-state index >= 15 is 0 Å². The number of nitrogens with one attached hydrogen (secondary N) is 1. The van der Waals surface area contributed by atoms with Crippen LogP contribution in [0.25, 0.3) is 0 Å². The number of esters is 1. The van der Waals surface area contributed by atoms with E-state index in [0.29, 0.717) is 16.0 Å². The Kier molecular flexibility index (Phi) is 8.89. The Labute approximate surface area is 187 Å². The molecule has 0 spiro atoms. The van der Waals surface area contributed by atoms with E-state index in [1.54, 1.807) is 54.6 Å². The maximum absolute atomic E-state index is 12.9. The molecule has 2 aromatic rings. The van der Waals surface area contributed by atoms with Crippen molar-refractivity contribution >= 4 is 29.5 Å². The van der Waals surface area contributed by atoms with Gasteiger partial charge in [-0.2, -0.15) is 13.2 Å². The molecule has 2 aromatic carbocycles. The van der Waals surface area contributed by atoms with Gasteiger partial charge in [0, 0.05) is 11.6 Å². The second-order valence-corrected chi connectivity index (χ2v) is 7.21. The molecule has 0 saturated carbocycles. The zero-order valence-corrected chi connectivity index (χ0v) is 17.5. The van der Waals surface area contributed by atoms with E-state index in [2.05, 4.69) is 5.32 Å². The van der Waals surface area contributed by atoms with Crippen LogP contribution in [0.5, 0.6) is 0 Å². The number of amides is 3. The highest BCUT2D eigenvalue weighted by molar-refractivity contribution is 6.31. The first-order valence-electron chi connectivity index (χ1n) is 9.39. The fourth-order valence-corrected chi connectivity index (χ4v) is 3.15. The predicted octanol–water partition coefficient (Wildman–Crippen LogP) is 3.57. The number of hydrogen-bond donors (Lipinski definition) is 2. The zero-order chi connectivity index (χ0) is 23.7. The molecule has 11 heteroatoms. The molecule has 1 unspecified atom stereocenters. The van der Waals surface area contributed by atoms with Crippen LogP contribution < -0.4 is 11.1 Å². The van der Waals surface area contributed by atoms with Crippen LogP contribution >= 0.6 is 11.6 Å². The number of urea groups is 1. The minimum absolute atomic E-state index is 0.259. The molecule has 0 heterocycles. The van der Waals surface area contributed by atoms with Crippen LogP contribution in [0.1, 0.15) is 23.6 Å². The molecule has 1 atom stereocenters. The first-order valence-corrected chi connectivity index (χ1v) is 9.77. The molecule has 0 aliphatic heterocycles. The second-order valence-electron chi connectivity index (χ2n) is 6.80. The lowest BCUT2D eigenvalue weighted by Gasteiger charge is -2.24. The van der Waals surface area contributed by atoms with E-state index in [1.807, 2.05) is 0 Å². The quantitative estimate of drug-likeness (QED) is 0.546. The fourth-order valence-electron chi connectivity index (χ4n) is 2.88. The average Bonchev–Trinajstić information content (AvgIpc) is 2.71. The highest BCUT2D eigenvalue weighted by Gasteiger charge is 2.33. The van der Waals surface area contributed by atoms with E-state index in [0.717, 1.165) is 0 Å². The highest BCUT2D eigenvalue weighted by atomic mass is 35.5. The van der Waals surface area contributed by atoms with Crippen LogP contribution in [0.3, 0.4) is 0 Å². The third-order valence-corrected chi connectivity index (χ3v) is 4.61. The van der Waals surface area contributed by atoms with Gasteiger partial charge >= 0.3 is 18.2 Å². The van der Waals surface area contributed by atoms with Crippen molar-refractivity contribution in [3.63, 3.8) is 0 Å². The van der Waals surface area contributed by atoms with E-state index in [4.69, 9.17) is 22.1 Å². The van der Waals surface area contributed by atoms with Crippen molar-refractivity contribution in [1.82, 2.24) is 10.2 Å². The molecule has 0 aromatic heterocycles. The summed E-state index contributed by atoms with van der Waals surface area (Å²) in [5.41, 5.74) is 6.01. The van der Waals surface area contributed by atoms with Gasteiger partial charge in [-0.25, -0.2) is 4.79 Å². The summed E-state index contributed by atoms with van der Waals surface area (Å²) in [4.78, 5) is 36.4. The molecule has 0 radical (unpaired) electrons. The number of carbonyl (C=O) groups excluding carboxylic acids is 3. The minimum Gasteiger partial charge on any atom is -0.455 e. The summed E-state index contributed by atoms with van der Waals surface area (Å²) >= 11 is 6.08. The van der Waals surface area contributed by atoms with Gasteiger partial charge in [0.25, 0.3) is 5.91 Å². The molecule has 0 aliphatic carbocycles. The van der Waals surface area contributed by atoms with Crippen LogP contribution in [0.4, 0.5) is 18.0 Å². The highest BCUT2D eigenvalue weighted by Crippen LogP contribution is 2.25. The van der Waals surface area contributed by atoms with E-state index in [9.17, 15) is 27.6 Å². The number of rotatable bonds is 9. The third-order valence-electron chi connectivity index (χ3n) is 4.26. The van der Waals surface area contributed by atoms with Crippen LogP contribution in [0, 0.1) is 0 Å². The first-order chi connectivity index (χ1) is 15.0. The molecular formula is C21H21ClF3N3O4. The molecule has 3 amide bonds. The van der Waals surface area contributed by atoms with Crippen molar-refractivity contribution in [2.24, 2.45) is 5.73 Å². The molecule has 32 heavy (non-hydrogen) atoms. The summed E-state index contributed by atoms with van der Waals surface area (Å²) in [6.45, 7) is -2.69. The molecule has 2 rings (SSSR count). The van der Waals surface area contributed by atoms with Gasteiger partial charge in [0.1, 0.15) is 6.54 Å². The minimum atomic E-state index is -4.63. The number of benzene rings is 2. The predicted molar refractivity (Wildman–Crippen MR) is 110 cm³/mol. The molecule has 0 bridgehead atoms. The summed E-state index contributed by atoms with van der Waals surface area (Å²) in [6.07, 6.45) is -5.06. The lowest BCUT2D eigenvalue weighted by molar-refractivity contribution is -0.167. The maximum Gasteiger partial charge on any atom is 0.406 e. The molecular weight excluding hydrogens is 451 g/mol. The molecule has 0 saturated heterocycles. The van der Waals surface area contributed by atoms with Crippen molar-refractivity contribution in [3.05, 3.63) is 70.7 Å². The Hall–Kier alpha value is -3.27. The lowest BCUT2D eigenvalue weighted by atomic mass is 10.0. The van der Waals surface area contributed by atoms with Gasteiger partial charge < -0.3 is 20.7 Å². The Morgan fingerprint density at radius 2 is 1.69 bits per heavy atom. The summed E-state index contributed by atoms with van der Waals surface area (Å²) in [5.74, 6) is -1.94. The standard InChI is InChI=1S/C21H21ClF3N3O4/c22-16-9-5-4-8-15(16)17(27-20(26)31)10-19(30)32-12-18(29)28(13-21(23,24)25)11-14-6-2-1-3-7-14/h1-9,17H,10-13H2,(H3,26,27,31). The van der Waals surface area contributed by atoms with E-state index in [1.165, 1.54) is 0 Å². The van der Waals surface area contributed by atoms with Crippen LogP contribution in [0.15, 0.2) is 54.6 Å². The number of hydrogen-bond acceptors (Lipinski definition) is 4. The van der Waals surface area contributed by atoms with Crippen molar-refractivity contribution < 1.29 is 32.3 Å². The second kappa shape index (κ2) is 11.4. The van der Waals surface area contributed by atoms with E-state index in [-0.39, 0.29) is 11.6 Å². The smallest absolute Gasteiger partial charge is 0.406 e.